The van der Waals surface area contributed by atoms with Crippen LogP contribution in [0.2, 0.25) is 5.02 Å². The summed E-state index contributed by atoms with van der Waals surface area (Å²) in [5, 5.41) is 8.17. The van der Waals surface area contributed by atoms with Gasteiger partial charge in [-0.15, -0.1) is 12.4 Å². The highest BCUT2D eigenvalue weighted by molar-refractivity contribution is 9.10. The third-order valence-electron chi connectivity index (χ3n) is 3.73. The van der Waals surface area contributed by atoms with E-state index in [-0.39, 0.29) is 30.9 Å². The van der Waals surface area contributed by atoms with Crippen molar-refractivity contribution in [2.75, 3.05) is 19.6 Å². The number of hydrogen-bond donors (Lipinski definition) is 1. The molecule has 1 atom stereocenters. The summed E-state index contributed by atoms with van der Waals surface area (Å²) in [5.41, 5.74) is 0.978. The van der Waals surface area contributed by atoms with Gasteiger partial charge in [-0.1, -0.05) is 29.8 Å². The van der Waals surface area contributed by atoms with E-state index >= 15 is 0 Å². The van der Waals surface area contributed by atoms with Crippen LogP contribution in [0.1, 0.15) is 11.6 Å². The summed E-state index contributed by atoms with van der Waals surface area (Å²) in [6.45, 7) is 2.39. The SMILES string of the molecule is Cl.O=C(Cn1cc(Br)cn1)N1CCNCC1c1ccccc1Cl. The Morgan fingerprint density at radius 3 is 2.91 bits per heavy atom. The second-order valence-electron chi connectivity index (χ2n) is 5.18. The van der Waals surface area contributed by atoms with Gasteiger partial charge in [0.05, 0.1) is 16.7 Å². The molecule has 2 aromatic rings. The number of benzene rings is 1. The number of nitrogens with zero attached hydrogens (tertiary/aromatic N) is 3. The Balaban J connectivity index is 0.00000192. The van der Waals surface area contributed by atoms with E-state index in [1.807, 2.05) is 29.2 Å². The van der Waals surface area contributed by atoms with E-state index in [0.717, 1.165) is 16.6 Å². The fraction of sp³-hybridized carbons (Fsp3) is 0.333. The van der Waals surface area contributed by atoms with E-state index in [4.69, 9.17) is 11.6 Å². The van der Waals surface area contributed by atoms with Gasteiger partial charge in [-0.2, -0.15) is 5.10 Å². The van der Waals surface area contributed by atoms with Crippen LogP contribution < -0.4 is 5.32 Å². The first-order valence-electron chi connectivity index (χ1n) is 7.08. The second-order valence-corrected chi connectivity index (χ2v) is 6.51. The number of carbonyl (C=O) groups excluding carboxylic acids is 1. The second kappa shape index (κ2) is 8.15. The van der Waals surface area contributed by atoms with Crippen molar-refractivity contribution in [3.05, 3.63) is 51.7 Å². The summed E-state index contributed by atoms with van der Waals surface area (Å²) in [6.07, 6.45) is 3.47. The molecule has 1 aliphatic heterocycles. The zero-order valence-corrected chi connectivity index (χ0v) is 15.4. The van der Waals surface area contributed by atoms with E-state index in [9.17, 15) is 4.79 Å². The summed E-state index contributed by atoms with van der Waals surface area (Å²) >= 11 is 9.64. The molecule has 1 amide bonds. The van der Waals surface area contributed by atoms with Crippen LogP contribution in [0.25, 0.3) is 0 Å². The topological polar surface area (TPSA) is 50.2 Å². The predicted octanol–water partition coefficient (Wildman–Crippen LogP) is 2.89. The smallest absolute Gasteiger partial charge is 0.244 e. The maximum Gasteiger partial charge on any atom is 0.244 e. The molecule has 0 radical (unpaired) electrons. The van der Waals surface area contributed by atoms with Gasteiger partial charge < -0.3 is 10.2 Å². The Morgan fingerprint density at radius 1 is 1.43 bits per heavy atom. The van der Waals surface area contributed by atoms with Crippen LogP contribution in [-0.4, -0.2) is 40.2 Å². The minimum absolute atomic E-state index is 0. The van der Waals surface area contributed by atoms with E-state index in [1.165, 1.54) is 0 Å². The van der Waals surface area contributed by atoms with Crippen molar-refractivity contribution in [2.24, 2.45) is 0 Å². The van der Waals surface area contributed by atoms with Crippen molar-refractivity contribution < 1.29 is 4.79 Å². The number of piperazine rings is 1. The van der Waals surface area contributed by atoms with Crippen molar-refractivity contribution >= 4 is 45.8 Å². The average Bonchev–Trinajstić information content (AvgIpc) is 2.93. The van der Waals surface area contributed by atoms with Crippen LogP contribution in [0.3, 0.4) is 0 Å². The van der Waals surface area contributed by atoms with Gasteiger partial charge in [0.1, 0.15) is 6.54 Å². The van der Waals surface area contributed by atoms with Gasteiger partial charge in [0.25, 0.3) is 0 Å². The quantitative estimate of drug-likeness (QED) is 0.831. The number of halogens is 3. The Morgan fingerprint density at radius 2 is 2.22 bits per heavy atom. The molecule has 1 aromatic carbocycles. The number of hydrogen-bond acceptors (Lipinski definition) is 3. The van der Waals surface area contributed by atoms with Crippen molar-refractivity contribution in [2.45, 2.75) is 12.6 Å². The zero-order chi connectivity index (χ0) is 15.5. The molecule has 8 heteroatoms. The van der Waals surface area contributed by atoms with E-state index in [0.29, 0.717) is 18.1 Å². The number of nitrogens with one attached hydrogen (secondary N) is 1. The molecule has 1 N–H and O–H groups in total. The molecule has 1 unspecified atom stereocenters. The largest absolute Gasteiger partial charge is 0.331 e. The molecule has 5 nitrogen and oxygen atoms in total. The fourth-order valence-corrected chi connectivity index (χ4v) is 3.27. The highest BCUT2D eigenvalue weighted by Gasteiger charge is 2.29. The highest BCUT2D eigenvalue weighted by atomic mass is 79.9. The Hall–Kier alpha value is -1.08. The van der Waals surface area contributed by atoms with Gasteiger partial charge in [0.2, 0.25) is 5.91 Å². The number of aromatic nitrogens is 2. The summed E-state index contributed by atoms with van der Waals surface area (Å²) in [7, 11) is 0. The number of rotatable bonds is 3. The van der Waals surface area contributed by atoms with Crippen LogP contribution in [0.4, 0.5) is 0 Å². The maximum absolute atomic E-state index is 12.7. The highest BCUT2D eigenvalue weighted by Crippen LogP contribution is 2.28. The van der Waals surface area contributed by atoms with Crippen molar-refractivity contribution in [3.8, 4) is 0 Å². The minimum Gasteiger partial charge on any atom is -0.331 e. The predicted molar refractivity (Wildman–Crippen MR) is 96.0 cm³/mol. The Kier molecular flexibility index (Phi) is 6.47. The van der Waals surface area contributed by atoms with Crippen LogP contribution in [0.5, 0.6) is 0 Å². The van der Waals surface area contributed by atoms with Gasteiger partial charge in [-0.25, -0.2) is 0 Å². The van der Waals surface area contributed by atoms with E-state index in [1.54, 1.807) is 17.1 Å². The summed E-state index contributed by atoms with van der Waals surface area (Å²) < 4.78 is 2.50. The Labute approximate surface area is 154 Å². The molecule has 0 spiro atoms. The average molecular weight is 420 g/mol. The van der Waals surface area contributed by atoms with Gasteiger partial charge in [-0.05, 0) is 27.6 Å². The van der Waals surface area contributed by atoms with Gasteiger partial charge in [0.15, 0.2) is 0 Å². The van der Waals surface area contributed by atoms with Crippen LogP contribution in [0, 0.1) is 0 Å². The third kappa shape index (κ3) is 4.26. The lowest BCUT2D eigenvalue weighted by molar-refractivity contribution is -0.135. The summed E-state index contributed by atoms with van der Waals surface area (Å²) in [4.78, 5) is 14.5. The normalized spacial score (nSPS) is 17.7. The molecule has 124 valence electrons. The molecule has 0 saturated carbocycles. The van der Waals surface area contributed by atoms with E-state index in [2.05, 4.69) is 26.3 Å². The summed E-state index contributed by atoms with van der Waals surface area (Å²) in [6, 6.07) is 7.64. The molecule has 1 aromatic heterocycles. The number of carbonyl (C=O) groups is 1. The molecular weight excluding hydrogens is 403 g/mol. The van der Waals surface area contributed by atoms with Gasteiger partial charge >= 0.3 is 0 Å². The lowest BCUT2D eigenvalue weighted by atomic mass is 10.0. The molecule has 1 aliphatic rings. The first-order chi connectivity index (χ1) is 10.6. The van der Waals surface area contributed by atoms with Gasteiger partial charge in [-0.3, -0.25) is 9.48 Å². The molecular formula is C15H17BrCl2N4O. The molecule has 0 bridgehead atoms. The van der Waals surface area contributed by atoms with Crippen molar-refractivity contribution in [1.29, 1.82) is 0 Å². The number of amides is 1. The lowest BCUT2D eigenvalue weighted by Gasteiger charge is -2.37. The molecule has 3 rings (SSSR count). The molecule has 1 saturated heterocycles. The van der Waals surface area contributed by atoms with Crippen molar-refractivity contribution in [1.82, 2.24) is 20.0 Å². The first kappa shape index (κ1) is 18.3. The summed E-state index contributed by atoms with van der Waals surface area (Å²) in [5.74, 6) is 0.0435. The van der Waals surface area contributed by atoms with Crippen molar-refractivity contribution in [3.63, 3.8) is 0 Å². The zero-order valence-electron chi connectivity index (χ0n) is 12.3. The molecule has 23 heavy (non-hydrogen) atoms. The fourth-order valence-electron chi connectivity index (χ4n) is 2.68. The monoisotopic (exact) mass is 418 g/mol. The van der Waals surface area contributed by atoms with Crippen LogP contribution in [-0.2, 0) is 11.3 Å². The van der Waals surface area contributed by atoms with Crippen LogP contribution in [0.15, 0.2) is 41.1 Å². The third-order valence-corrected chi connectivity index (χ3v) is 4.48. The van der Waals surface area contributed by atoms with Crippen LogP contribution >= 0.6 is 39.9 Å². The molecule has 1 fully saturated rings. The Bertz CT molecular complexity index is 679. The lowest BCUT2D eigenvalue weighted by Crippen LogP contribution is -2.49. The van der Waals surface area contributed by atoms with E-state index < -0.39 is 0 Å². The minimum atomic E-state index is -0.0473. The maximum atomic E-state index is 12.7. The first-order valence-corrected chi connectivity index (χ1v) is 8.25. The standard InChI is InChI=1S/C15H16BrClN4O.ClH/c16-11-7-19-20(9-11)10-15(22)21-6-5-18-8-14(21)12-3-1-2-4-13(12)17;/h1-4,7,9,14,18H,5-6,8,10H2;1H. The molecule has 0 aliphatic carbocycles. The molecule has 2 heterocycles. The van der Waals surface area contributed by atoms with Gasteiger partial charge in [0, 0.05) is 30.9 Å².